The molecule has 1 heterocycles. The molecule has 4 aromatic rings. The fourth-order valence-electron chi connectivity index (χ4n) is 4.69. The molecule has 4 aromatic carbocycles. The summed E-state index contributed by atoms with van der Waals surface area (Å²) in [4.78, 5) is 15.1. The van der Waals surface area contributed by atoms with Crippen LogP contribution in [0.5, 0.6) is 5.75 Å². The van der Waals surface area contributed by atoms with Crippen LogP contribution in [-0.4, -0.2) is 23.9 Å². The quantitative estimate of drug-likeness (QED) is 0.345. The van der Waals surface area contributed by atoms with E-state index in [2.05, 4.69) is 54.6 Å². The number of nitrogens with zero attached hydrogens (tertiary/aromatic N) is 1. The molecular formula is C30H29NO2. The van der Waals surface area contributed by atoms with E-state index in [0.717, 1.165) is 54.6 Å². The molecule has 166 valence electrons. The topological polar surface area (TPSA) is 29.5 Å². The lowest BCUT2D eigenvalue weighted by atomic mass is 9.90. The summed E-state index contributed by atoms with van der Waals surface area (Å²) in [6.45, 7) is 2.10. The number of piperidine rings is 1. The molecule has 0 aliphatic carbocycles. The second-order valence-electron chi connectivity index (χ2n) is 8.92. The van der Waals surface area contributed by atoms with Gasteiger partial charge in [-0.1, -0.05) is 72.8 Å². The third kappa shape index (κ3) is 5.25. The number of amides is 1. The minimum absolute atomic E-state index is 0.126. The van der Waals surface area contributed by atoms with Gasteiger partial charge in [-0.05, 0) is 71.3 Å². The van der Waals surface area contributed by atoms with Crippen LogP contribution < -0.4 is 4.74 Å². The normalized spacial score (nSPS) is 14.4. The maximum atomic E-state index is 13.1. The van der Waals surface area contributed by atoms with Crippen molar-refractivity contribution in [1.29, 1.82) is 0 Å². The van der Waals surface area contributed by atoms with Crippen molar-refractivity contribution in [3.05, 3.63) is 114 Å². The van der Waals surface area contributed by atoms with Crippen molar-refractivity contribution >= 4 is 16.7 Å². The van der Waals surface area contributed by atoms with Gasteiger partial charge in [0.1, 0.15) is 12.4 Å². The molecule has 3 nitrogen and oxygen atoms in total. The lowest BCUT2D eigenvalue weighted by Gasteiger charge is -2.32. The molecule has 5 rings (SSSR count). The van der Waals surface area contributed by atoms with Crippen LogP contribution in [0.25, 0.3) is 10.8 Å². The number of rotatable bonds is 6. The summed E-state index contributed by atoms with van der Waals surface area (Å²) < 4.78 is 6.03. The molecular weight excluding hydrogens is 406 g/mol. The van der Waals surface area contributed by atoms with Crippen molar-refractivity contribution in [3.63, 3.8) is 0 Å². The van der Waals surface area contributed by atoms with Crippen molar-refractivity contribution in [2.24, 2.45) is 5.92 Å². The van der Waals surface area contributed by atoms with Crippen molar-refractivity contribution in [3.8, 4) is 5.75 Å². The Labute approximate surface area is 195 Å². The SMILES string of the molecule is O=C(c1cccc(COc2ccc3ccccc3c2)c1)N1CCC(Cc2ccccc2)CC1. The van der Waals surface area contributed by atoms with Crippen LogP contribution in [0.2, 0.25) is 0 Å². The predicted octanol–water partition coefficient (Wildman–Crippen LogP) is 6.51. The monoisotopic (exact) mass is 435 g/mol. The van der Waals surface area contributed by atoms with Gasteiger partial charge in [-0.3, -0.25) is 4.79 Å². The van der Waals surface area contributed by atoms with E-state index in [-0.39, 0.29) is 5.91 Å². The van der Waals surface area contributed by atoms with Crippen molar-refractivity contribution in [2.45, 2.75) is 25.9 Å². The fourth-order valence-corrected chi connectivity index (χ4v) is 4.69. The van der Waals surface area contributed by atoms with E-state index in [1.165, 1.54) is 10.9 Å². The Kier molecular flexibility index (Phi) is 6.39. The minimum atomic E-state index is 0.126. The molecule has 1 fully saturated rings. The molecule has 1 amide bonds. The van der Waals surface area contributed by atoms with E-state index in [4.69, 9.17) is 4.74 Å². The first kappa shape index (κ1) is 21.3. The van der Waals surface area contributed by atoms with Gasteiger partial charge < -0.3 is 9.64 Å². The van der Waals surface area contributed by atoms with Crippen LogP contribution >= 0.6 is 0 Å². The summed E-state index contributed by atoms with van der Waals surface area (Å²) in [5.74, 6) is 1.62. The van der Waals surface area contributed by atoms with Gasteiger partial charge in [0.15, 0.2) is 0 Å². The van der Waals surface area contributed by atoms with E-state index in [1.54, 1.807) is 0 Å². The van der Waals surface area contributed by atoms with Gasteiger partial charge in [0.05, 0.1) is 0 Å². The Morgan fingerprint density at radius 1 is 0.758 bits per heavy atom. The van der Waals surface area contributed by atoms with Crippen molar-refractivity contribution < 1.29 is 9.53 Å². The van der Waals surface area contributed by atoms with Crippen LogP contribution in [-0.2, 0) is 13.0 Å². The highest BCUT2D eigenvalue weighted by Gasteiger charge is 2.24. The first-order valence-electron chi connectivity index (χ1n) is 11.8. The van der Waals surface area contributed by atoms with Gasteiger partial charge in [-0.25, -0.2) is 0 Å². The molecule has 0 saturated carbocycles. The average molecular weight is 436 g/mol. The molecule has 0 radical (unpaired) electrons. The molecule has 0 aromatic heterocycles. The number of hydrogen-bond donors (Lipinski definition) is 0. The third-order valence-corrected chi connectivity index (χ3v) is 6.57. The third-order valence-electron chi connectivity index (χ3n) is 6.57. The molecule has 0 spiro atoms. The number of hydrogen-bond acceptors (Lipinski definition) is 2. The Morgan fingerprint density at radius 3 is 2.30 bits per heavy atom. The summed E-state index contributed by atoms with van der Waals surface area (Å²) in [5, 5.41) is 2.36. The summed E-state index contributed by atoms with van der Waals surface area (Å²) in [7, 11) is 0. The number of fused-ring (bicyclic) bond motifs is 1. The Hall–Kier alpha value is -3.59. The zero-order valence-corrected chi connectivity index (χ0v) is 18.8. The van der Waals surface area contributed by atoms with E-state index < -0.39 is 0 Å². The molecule has 0 unspecified atom stereocenters. The van der Waals surface area contributed by atoms with Crippen LogP contribution in [0.4, 0.5) is 0 Å². The highest BCUT2D eigenvalue weighted by Crippen LogP contribution is 2.24. The second-order valence-corrected chi connectivity index (χ2v) is 8.92. The number of benzene rings is 4. The van der Waals surface area contributed by atoms with E-state index >= 15 is 0 Å². The molecule has 0 N–H and O–H groups in total. The smallest absolute Gasteiger partial charge is 0.253 e. The Morgan fingerprint density at radius 2 is 1.48 bits per heavy atom. The lowest BCUT2D eigenvalue weighted by Crippen LogP contribution is -2.38. The zero-order valence-electron chi connectivity index (χ0n) is 18.8. The standard InChI is InChI=1S/C30H29NO2/c32-30(31-17-15-24(16-18-31)19-23-7-2-1-3-8-23)28-12-6-9-25(20-28)22-33-29-14-13-26-10-4-5-11-27(26)21-29/h1-14,20-21,24H,15-19,22H2. The molecule has 1 aliphatic rings. The van der Waals surface area contributed by atoms with Gasteiger partial charge in [0, 0.05) is 18.7 Å². The predicted molar refractivity (Wildman–Crippen MR) is 133 cm³/mol. The minimum Gasteiger partial charge on any atom is -0.489 e. The van der Waals surface area contributed by atoms with Gasteiger partial charge >= 0.3 is 0 Å². The lowest BCUT2D eigenvalue weighted by molar-refractivity contribution is 0.0690. The molecule has 3 heteroatoms. The van der Waals surface area contributed by atoms with E-state index in [0.29, 0.717) is 12.5 Å². The highest BCUT2D eigenvalue weighted by molar-refractivity contribution is 5.94. The van der Waals surface area contributed by atoms with Gasteiger partial charge in [0.2, 0.25) is 0 Å². The van der Waals surface area contributed by atoms with Crippen LogP contribution in [0, 0.1) is 5.92 Å². The first-order chi connectivity index (χ1) is 16.2. The number of carbonyl (C=O) groups is 1. The average Bonchev–Trinajstić information content (AvgIpc) is 2.88. The highest BCUT2D eigenvalue weighted by atomic mass is 16.5. The summed E-state index contributed by atoms with van der Waals surface area (Å²) in [6.07, 6.45) is 3.22. The zero-order chi connectivity index (χ0) is 22.5. The number of ether oxygens (including phenoxy) is 1. The summed E-state index contributed by atoms with van der Waals surface area (Å²) >= 11 is 0. The number of likely N-dealkylation sites (tertiary alicyclic amines) is 1. The summed E-state index contributed by atoms with van der Waals surface area (Å²) in [5.41, 5.74) is 3.14. The molecule has 1 saturated heterocycles. The second kappa shape index (κ2) is 9.91. The van der Waals surface area contributed by atoms with Crippen LogP contribution in [0.1, 0.15) is 34.3 Å². The van der Waals surface area contributed by atoms with Crippen LogP contribution in [0.3, 0.4) is 0 Å². The Balaban J connectivity index is 1.17. The van der Waals surface area contributed by atoms with Crippen molar-refractivity contribution in [2.75, 3.05) is 13.1 Å². The number of carbonyl (C=O) groups excluding carboxylic acids is 1. The molecule has 0 bridgehead atoms. The van der Waals surface area contributed by atoms with Gasteiger partial charge in [-0.2, -0.15) is 0 Å². The molecule has 33 heavy (non-hydrogen) atoms. The fraction of sp³-hybridized carbons (Fsp3) is 0.233. The maximum Gasteiger partial charge on any atom is 0.253 e. The van der Waals surface area contributed by atoms with Crippen LogP contribution in [0.15, 0.2) is 97.1 Å². The van der Waals surface area contributed by atoms with Gasteiger partial charge in [-0.15, -0.1) is 0 Å². The largest absolute Gasteiger partial charge is 0.489 e. The van der Waals surface area contributed by atoms with Gasteiger partial charge in [0.25, 0.3) is 5.91 Å². The molecule has 0 atom stereocenters. The maximum absolute atomic E-state index is 13.1. The van der Waals surface area contributed by atoms with E-state index in [1.807, 2.05) is 47.4 Å². The van der Waals surface area contributed by atoms with E-state index in [9.17, 15) is 4.79 Å². The summed E-state index contributed by atoms with van der Waals surface area (Å²) in [6, 6.07) is 32.9. The van der Waals surface area contributed by atoms with Crippen molar-refractivity contribution in [1.82, 2.24) is 4.90 Å². The Bertz CT molecular complexity index is 1230. The molecule has 1 aliphatic heterocycles. The first-order valence-corrected chi connectivity index (χ1v) is 11.8.